The van der Waals surface area contributed by atoms with E-state index in [1.54, 1.807) is 11.8 Å². The number of hydrogen-bond donors (Lipinski definition) is 3. The van der Waals surface area contributed by atoms with Crippen LogP contribution in [0.25, 0.3) is 10.9 Å². The summed E-state index contributed by atoms with van der Waals surface area (Å²) in [4.78, 5) is 4.42. The lowest BCUT2D eigenvalue weighted by molar-refractivity contribution is 1.20. The highest BCUT2D eigenvalue weighted by Crippen LogP contribution is 2.34. The second-order valence-electron chi connectivity index (χ2n) is 4.69. The van der Waals surface area contributed by atoms with E-state index in [9.17, 15) is 0 Å². The summed E-state index contributed by atoms with van der Waals surface area (Å²) in [6.45, 7) is 2.04. The highest BCUT2D eigenvalue weighted by Gasteiger charge is 2.11. The van der Waals surface area contributed by atoms with Crippen molar-refractivity contribution in [2.24, 2.45) is 5.73 Å². The maximum absolute atomic E-state index is 7.70. The fourth-order valence-electron chi connectivity index (χ4n) is 2.21. The Morgan fingerprint density at radius 1 is 1.15 bits per heavy atom. The van der Waals surface area contributed by atoms with Crippen molar-refractivity contribution < 1.29 is 0 Å². The van der Waals surface area contributed by atoms with Gasteiger partial charge in [-0.2, -0.15) is 0 Å². The van der Waals surface area contributed by atoms with Crippen molar-refractivity contribution in [1.29, 1.82) is 5.41 Å². The Morgan fingerprint density at radius 2 is 1.95 bits per heavy atom. The lowest BCUT2D eigenvalue weighted by Gasteiger charge is -2.09. The van der Waals surface area contributed by atoms with Crippen LogP contribution in [-0.4, -0.2) is 10.8 Å². The van der Waals surface area contributed by atoms with E-state index in [-0.39, 0.29) is 5.84 Å². The summed E-state index contributed by atoms with van der Waals surface area (Å²) in [5.41, 5.74) is 8.70. The Hall–Kier alpha value is -2.20. The first-order valence-corrected chi connectivity index (χ1v) is 7.16. The topological polar surface area (TPSA) is 65.7 Å². The van der Waals surface area contributed by atoms with Crippen molar-refractivity contribution in [1.82, 2.24) is 4.98 Å². The molecule has 2 aromatic carbocycles. The van der Waals surface area contributed by atoms with Crippen LogP contribution >= 0.6 is 11.8 Å². The number of aromatic nitrogens is 1. The van der Waals surface area contributed by atoms with E-state index >= 15 is 0 Å². The number of benzene rings is 2. The predicted molar refractivity (Wildman–Crippen MR) is 84.6 cm³/mol. The van der Waals surface area contributed by atoms with E-state index in [2.05, 4.69) is 23.2 Å². The number of aromatic amines is 1. The molecule has 0 aliphatic rings. The molecule has 0 aliphatic heterocycles. The molecular formula is C16H15N3S. The third kappa shape index (κ3) is 2.30. The first-order valence-electron chi connectivity index (χ1n) is 6.35. The lowest BCUT2D eigenvalue weighted by atomic mass is 10.1. The van der Waals surface area contributed by atoms with Crippen LogP contribution in [0.1, 0.15) is 11.1 Å². The van der Waals surface area contributed by atoms with E-state index in [1.807, 2.05) is 37.3 Å². The molecule has 0 saturated carbocycles. The van der Waals surface area contributed by atoms with Gasteiger partial charge in [0.05, 0.1) is 5.03 Å². The third-order valence-corrected chi connectivity index (χ3v) is 4.41. The van der Waals surface area contributed by atoms with Gasteiger partial charge in [0, 0.05) is 21.4 Å². The van der Waals surface area contributed by atoms with Gasteiger partial charge in [-0.1, -0.05) is 48.2 Å². The monoisotopic (exact) mass is 281 g/mol. The molecular weight excluding hydrogens is 266 g/mol. The molecule has 0 bridgehead atoms. The van der Waals surface area contributed by atoms with Crippen molar-refractivity contribution >= 4 is 28.5 Å². The Balaban J connectivity index is 2.04. The van der Waals surface area contributed by atoms with Gasteiger partial charge in [0.15, 0.2) is 0 Å². The Bertz CT molecular complexity index is 756. The fraction of sp³-hybridized carbons (Fsp3) is 0.0625. The highest BCUT2D eigenvalue weighted by atomic mass is 32.2. The molecule has 4 heteroatoms. The second kappa shape index (κ2) is 5.06. The van der Waals surface area contributed by atoms with Gasteiger partial charge in [0.2, 0.25) is 0 Å². The van der Waals surface area contributed by atoms with Gasteiger partial charge in [-0.25, -0.2) is 0 Å². The average molecular weight is 281 g/mol. The number of fused-ring (bicyclic) bond motifs is 1. The molecule has 0 aliphatic carbocycles. The van der Waals surface area contributed by atoms with E-state index in [1.165, 1.54) is 5.39 Å². The maximum atomic E-state index is 7.70. The zero-order valence-electron chi connectivity index (χ0n) is 11.1. The molecule has 0 atom stereocenters. The number of nitrogen functional groups attached to an aromatic ring is 1. The van der Waals surface area contributed by atoms with Crippen LogP contribution in [0.15, 0.2) is 58.5 Å². The summed E-state index contributed by atoms with van der Waals surface area (Å²) >= 11 is 1.62. The van der Waals surface area contributed by atoms with Crippen LogP contribution in [0.4, 0.5) is 0 Å². The van der Waals surface area contributed by atoms with Crippen molar-refractivity contribution in [2.45, 2.75) is 16.8 Å². The number of amidine groups is 1. The van der Waals surface area contributed by atoms with Crippen molar-refractivity contribution in [3.05, 3.63) is 59.7 Å². The second-order valence-corrected chi connectivity index (χ2v) is 5.74. The van der Waals surface area contributed by atoms with E-state index < -0.39 is 0 Å². The minimum absolute atomic E-state index is 0.104. The zero-order valence-corrected chi connectivity index (χ0v) is 11.9. The number of H-pyrrole nitrogens is 1. The highest BCUT2D eigenvalue weighted by molar-refractivity contribution is 7.99. The summed E-state index contributed by atoms with van der Waals surface area (Å²) in [7, 11) is 0. The normalized spacial score (nSPS) is 10.8. The van der Waals surface area contributed by atoms with Gasteiger partial charge in [-0.3, -0.25) is 5.41 Å². The first-order chi connectivity index (χ1) is 9.65. The standard InChI is InChI=1S/C16H15N3S/c1-10-5-4-7-12(16(17)18)15(10)20-14-9-11-6-2-3-8-13(11)19-14/h2-9,19H,1H3,(H3,17,18). The van der Waals surface area contributed by atoms with Crippen molar-refractivity contribution in [3.8, 4) is 0 Å². The lowest BCUT2D eigenvalue weighted by Crippen LogP contribution is -2.12. The molecule has 3 rings (SSSR count). The maximum Gasteiger partial charge on any atom is 0.123 e. The number of rotatable bonds is 3. The van der Waals surface area contributed by atoms with Crippen LogP contribution in [0.5, 0.6) is 0 Å². The minimum atomic E-state index is 0.104. The molecule has 1 aromatic heterocycles. The Kier molecular flexibility index (Phi) is 3.24. The molecule has 3 aromatic rings. The smallest absolute Gasteiger partial charge is 0.123 e. The summed E-state index contributed by atoms with van der Waals surface area (Å²) in [5.74, 6) is 0.104. The molecule has 0 amide bonds. The van der Waals surface area contributed by atoms with Gasteiger partial charge >= 0.3 is 0 Å². The fourth-order valence-corrected chi connectivity index (χ4v) is 3.30. The van der Waals surface area contributed by atoms with Gasteiger partial charge in [0.25, 0.3) is 0 Å². The van der Waals surface area contributed by atoms with Gasteiger partial charge < -0.3 is 10.7 Å². The quantitative estimate of drug-likeness (QED) is 0.503. The summed E-state index contributed by atoms with van der Waals surface area (Å²) in [6.07, 6.45) is 0. The summed E-state index contributed by atoms with van der Waals surface area (Å²) in [5, 5.41) is 9.95. The summed E-state index contributed by atoms with van der Waals surface area (Å²) in [6, 6.07) is 16.2. The molecule has 0 spiro atoms. The van der Waals surface area contributed by atoms with Crippen molar-refractivity contribution in [2.75, 3.05) is 0 Å². The van der Waals surface area contributed by atoms with Crippen LogP contribution in [-0.2, 0) is 0 Å². The van der Waals surface area contributed by atoms with Crippen molar-refractivity contribution in [3.63, 3.8) is 0 Å². The molecule has 20 heavy (non-hydrogen) atoms. The number of para-hydroxylation sites is 1. The first kappa shape index (κ1) is 12.8. The molecule has 100 valence electrons. The third-order valence-electron chi connectivity index (χ3n) is 3.22. The van der Waals surface area contributed by atoms with Crippen LogP contribution in [0.2, 0.25) is 0 Å². The van der Waals surface area contributed by atoms with Gasteiger partial charge in [-0.05, 0) is 24.6 Å². The molecule has 0 saturated heterocycles. The predicted octanol–water partition coefficient (Wildman–Crippen LogP) is 3.91. The molecule has 4 N–H and O–H groups in total. The SMILES string of the molecule is Cc1cccc(C(=N)N)c1Sc1cc2ccccc2[nH]1. The van der Waals surface area contributed by atoms with Gasteiger partial charge in [-0.15, -0.1) is 0 Å². The molecule has 3 nitrogen and oxygen atoms in total. The Morgan fingerprint density at radius 3 is 2.70 bits per heavy atom. The molecule has 0 fully saturated rings. The van der Waals surface area contributed by atoms with Gasteiger partial charge in [0.1, 0.15) is 5.84 Å². The van der Waals surface area contributed by atoms with E-state index in [4.69, 9.17) is 11.1 Å². The minimum Gasteiger partial charge on any atom is -0.384 e. The number of hydrogen-bond acceptors (Lipinski definition) is 2. The van der Waals surface area contributed by atoms with E-state index in [0.29, 0.717) is 0 Å². The van der Waals surface area contributed by atoms with Crippen LogP contribution in [0, 0.1) is 12.3 Å². The zero-order chi connectivity index (χ0) is 14.1. The van der Waals surface area contributed by atoms with Crippen LogP contribution in [0.3, 0.4) is 0 Å². The summed E-state index contributed by atoms with van der Waals surface area (Å²) < 4.78 is 0. The largest absolute Gasteiger partial charge is 0.384 e. The molecule has 0 radical (unpaired) electrons. The Labute approximate surface area is 121 Å². The van der Waals surface area contributed by atoms with Crippen LogP contribution < -0.4 is 5.73 Å². The number of nitrogens with two attached hydrogens (primary N) is 1. The molecule has 1 heterocycles. The molecule has 0 unspecified atom stereocenters. The number of nitrogens with one attached hydrogen (secondary N) is 2. The van der Waals surface area contributed by atoms with E-state index in [0.717, 1.165) is 26.6 Å². The number of aryl methyl sites for hydroxylation is 1. The average Bonchev–Trinajstić information content (AvgIpc) is 2.83.